The molecule has 2 aromatic carbocycles. The number of hydrogen-bond acceptors (Lipinski definition) is 3. The summed E-state index contributed by atoms with van der Waals surface area (Å²) in [6, 6.07) is 17.0. The fourth-order valence-electron chi connectivity index (χ4n) is 2.25. The monoisotopic (exact) mass is 331 g/mol. The van der Waals surface area contributed by atoms with Crippen molar-refractivity contribution in [1.82, 2.24) is 5.32 Å². The van der Waals surface area contributed by atoms with E-state index in [9.17, 15) is 9.00 Å². The minimum absolute atomic E-state index is 0.00557. The molecule has 2 aromatic rings. The van der Waals surface area contributed by atoms with Gasteiger partial charge in [-0.1, -0.05) is 42.5 Å². The normalized spacial score (nSPS) is 13.1. The van der Waals surface area contributed by atoms with Crippen LogP contribution >= 0.6 is 0 Å². The average molecular weight is 331 g/mol. The standard InChI is InChI=1S/C18H21NO3S/c1-14(16-8-4-3-5-9-16)19-18(20)13-23(21)12-15-7-6-10-17(11-15)22-2/h3-11,14H,12-13H2,1-2H3,(H,19,20)/t14-,23+/m1/s1. The summed E-state index contributed by atoms with van der Waals surface area (Å²) >= 11 is 0. The molecule has 0 aliphatic heterocycles. The van der Waals surface area contributed by atoms with Crippen LogP contribution in [0.1, 0.15) is 24.1 Å². The molecule has 2 atom stereocenters. The first-order valence-corrected chi connectivity index (χ1v) is 8.89. The summed E-state index contributed by atoms with van der Waals surface area (Å²) in [4.78, 5) is 12.0. The van der Waals surface area contributed by atoms with Crippen LogP contribution in [-0.2, 0) is 21.3 Å². The highest BCUT2D eigenvalue weighted by Crippen LogP contribution is 2.14. The number of ether oxygens (including phenoxy) is 1. The molecule has 1 amide bonds. The number of hydrogen-bond donors (Lipinski definition) is 1. The Morgan fingerprint density at radius 2 is 1.91 bits per heavy atom. The van der Waals surface area contributed by atoms with Crippen LogP contribution in [-0.4, -0.2) is 23.0 Å². The molecule has 5 heteroatoms. The number of amides is 1. The highest BCUT2D eigenvalue weighted by Gasteiger charge is 2.13. The van der Waals surface area contributed by atoms with Crippen LogP contribution in [0.25, 0.3) is 0 Å². The molecule has 0 radical (unpaired) electrons. The highest BCUT2D eigenvalue weighted by molar-refractivity contribution is 7.84. The second kappa shape index (κ2) is 8.48. The smallest absolute Gasteiger partial charge is 0.233 e. The lowest BCUT2D eigenvalue weighted by Gasteiger charge is -2.14. The van der Waals surface area contributed by atoms with Gasteiger partial charge in [-0.15, -0.1) is 0 Å². The van der Waals surface area contributed by atoms with Crippen LogP contribution in [0.15, 0.2) is 54.6 Å². The van der Waals surface area contributed by atoms with Crippen molar-refractivity contribution in [3.63, 3.8) is 0 Å². The van der Waals surface area contributed by atoms with Gasteiger partial charge in [0.25, 0.3) is 0 Å². The first-order chi connectivity index (χ1) is 11.1. The summed E-state index contributed by atoms with van der Waals surface area (Å²) in [6.45, 7) is 1.91. The molecular weight excluding hydrogens is 310 g/mol. The van der Waals surface area contributed by atoms with E-state index in [0.29, 0.717) is 5.75 Å². The van der Waals surface area contributed by atoms with Crippen LogP contribution in [0.2, 0.25) is 0 Å². The number of carbonyl (C=O) groups is 1. The molecule has 23 heavy (non-hydrogen) atoms. The van der Waals surface area contributed by atoms with Crippen LogP contribution < -0.4 is 10.1 Å². The van der Waals surface area contributed by atoms with E-state index in [1.165, 1.54) is 0 Å². The molecule has 2 rings (SSSR count). The van der Waals surface area contributed by atoms with Crippen molar-refractivity contribution in [2.24, 2.45) is 0 Å². The molecule has 0 bridgehead atoms. The van der Waals surface area contributed by atoms with Gasteiger partial charge in [0.15, 0.2) is 0 Å². The van der Waals surface area contributed by atoms with Crippen molar-refractivity contribution in [1.29, 1.82) is 0 Å². The van der Waals surface area contributed by atoms with E-state index >= 15 is 0 Å². The Balaban J connectivity index is 1.86. The van der Waals surface area contributed by atoms with E-state index in [0.717, 1.165) is 16.9 Å². The number of methoxy groups -OCH3 is 1. The van der Waals surface area contributed by atoms with Gasteiger partial charge in [-0.2, -0.15) is 0 Å². The van der Waals surface area contributed by atoms with Crippen molar-refractivity contribution < 1.29 is 13.7 Å². The summed E-state index contributed by atoms with van der Waals surface area (Å²) in [7, 11) is 0.340. The summed E-state index contributed by atoms with van der Waals surface area (Å²) < 4.78 is 17.3. The zero-order chi connectivity index (χ0) is 16.7. The van der Waals surface area contributed by atoms with Crippen molar-refractivity contribution in [3.05, 3.63) is 65.7 Å². The van der Waals surface area contributed by atoms with Gasteiger partial charge < -0.3 is 10.1 Å². The second-order valence-corrected chi connectivity index (χ2v) is 6.74. The van der Waals surface area contributed by atoms with Crippen molar-refractivity contribution >= 4 is 16.7 Å². The van der Waals surface area contributed by atoms with Crippen LogP contribution in [0.4, 0.5) is 0 Å². The molecule has 0 unspecified atom stereocenters. The number of benzene rings is 2. The van der Waals surface area contributed by atoms with Crippen LogP contribution in [0.5, 0.6) is 5.75 Å². The Kier molecular flexibility index (Phi) is 6.35. The lowest BCUT2D eigenvalue weighted by Crippen LogP contribution is -2.31. The highest BCUT2D eigenvalue weighted by atomic mass is 32.2. The minimum Gasteiger partial charge on any atom is -0.497 e. The van der Waals surface area contributed by atoms with Gasteiger partial charge in [-0.05, 0) is 30.2 Å². The first kappa shape index (κ1) is 17.2. The number of nitrogens with one attached hydrogen (secondary N) is 1. The molecule has 0 fully saturated rings. The van der Waals surface area contributed by atoms with Gasteiger partial charge in [0.05, 0.1) is 13.2 Å². The maximum Gasteiger partial charge on any atom is 0.233 e. The van der Waals surface area contributed by atoms with Crippen molar-refractivity contribution in [2.75, 3.05) is 12.9 Å². The molecular formula is C18H21NO3S. The Labute approximate surface area is 139 Å². The Hall–Kier alpha value is -2.14. The zero-order valence-corrected chi connectivity index (χ0v) is 14.1. The Morgan fingerprint density at radius 1 is 1.17 bits per heavy atom. The SMILES string of the molecule is COc1cccc(C[S@](=O)CC(=O)N[C@H](C)c2ccccc2)c1. The third-order valence-corrected chi connectivity index (χ3v) is 4.67. The predicted octanol–water partition coefficient (Wildman–Crippen LogP) is 2.82. The van der Waals surface area contributed by atoms with Gasteiger partial charge in [-0.3, -0.25) is 9.00 Å². The second-order valence-electron chi connectivity index (χ2n) is 5.28. The van der Waals surface area contributed by atoms with Gasteiger partial charge in [0.2, 0.25) is 5.91 Å². The fourth-order valence-corrected chi connectivity index (χ4v) is 3.28. The van der Waals surface area contributed by atoms with E-state index in [1.807, 2.05) is 61.5 Å². The summed E-state index contributed by atoms with van der Waals surface area (Å²) in [5.41, 5.74) is 1.92. The molecule has 0 aliphatic carbocycles. The van der Waals surface area contributed by atoms with Gasteiger partial charge in [-0.25, -0.2) is 0 Å². The van der Waals surface area contributed by atoms with Gasteiger partial charge in [0, 0.05) is 16.6 Å². The largest absolute Gasteiger partial charge is 0.497 e. The third-order valence-electron chi connectivity index (χ3n) is 3.43. The first-order valence-electron chi connectivity index (χ1n) is 7.40. The fraction of sp³-hybridized carbons (Fsp3) is 0.278. The molecule has 0 heterocycles. The van der Waals surface area contributed by atoms with E-state index < -0.39 is 10.8 Å². The number of carbonyl (C=O) groups excluding carboxylic acids is 1. The topological polar surface area (TPSA) is 55.4 Å². The van der Waals surface area contributed by atoms with E-state index in [1.54, 1.807) is 7.11 Å². The summed E-state index contributed by atoms with van der Waals surface area (Å²) in [6.07, 6.45) is 0. The van der Waals surface area contributed by atoms with E-state index in [4.69, 9.17) is 4.74 Å². The van der Waals surface area contributed by atoms with Crippen LogP contribution in [0, 0.1) is 0 Å². The molecule has 0 saturated heterocycles. The molecule has 122 valence electrons. The molecule has 0 aromatic heterocycles. The lowest BCUT2D eigenvalue weighted by molar-refractivity contribution is -0.119. The van der Waals surface area contributed by atoms with Crippen molar-refractivity contribution in [2.45, 2.75) is 18.7 Å². The summed E-state index contributed by atoms with van der Waals surface area (Å²) in [5.74, 6) is 0.850. The van der Waals surface area contributed by atoms with Crippen molar-refractivity contribution in [3.8, 4) is 5.75 Å². The lowest BCUT2D eigenvalue weighted by atomic mass is 10.1. The maximum absolute atomic E-state index is 12.1. The Bertz CT molecular complexity index is 673. The predicted molar refractivity (Wildman–Crippen MR) is 92.7 cm³/mol. The average Bonchev–Trinajstić information content (AvgIpc) is 2.55. The van der Waals surface area contributed by atoms with Gasteiger partial charge in [0.1, 0.15) is 11.5 Å². The van der Waals surface area contributed by atoms with Crippen LogP contribution in [0.3, 0.4) is 0 Å². The molecule has 1 N–H and O–H groups in total. The molecule has 0 saturated carbocycles. The minimum atomic E-state index is -1.25. The molecule has 0 spiro atoms. The number of rotatable bonds is 7. The Morgan fingerprint density at radius 3 is 2.61 bits per heavy atom. The van der Waals surface area contributed by atoms with E-state index in [-0.39, 0.29) is 17.7 Å². The molecule has 0 aliphatic rings. The third kappa shape index (κ3) is 5.53. The quantitative estimate of drug-likeness (QED) is 0.849. The summed E-state index contributed by atoms with van der Waals surface area (Å²) in [5, 5.41) is 2.88. The maximum atomic E-state index is 12.1. The van der Waals surface area contributed by atoms with Gasteiger partial charge >= 0.3 is 0 Å². The zero-order valence-electron chi connectivity index (χ0n) is 13.3. The molecule has 4 nitrogen and oxygen atoms in total. The van der Waals surface area contributed by atoms with E-state index in [2.05, 4.69) is 5.32 Å².